The molecular weight excluding hydrogens is 826 g/mol. The smallest absolute Gasteiger partial charge is 0.496 e. The molecule has 0 bridgehead atoms. The van der Waals surface area contributed by atoms with Crippen LogP contribution in [0.5, 0.6) is 5.75 Å². The summed E-state index contributed by atoms with van der Waals surface area (Å²) in [6, 6.07) is 8.15. The summed E-state index contributed by atoms with van der Waals surface area (Å²) in [5.74, 6) is 0.223. The molecule has 3 aromatic rings. The molecular formula is C39H62N4O4U. The van der Waals surface area contributed by atoms with Gasteiger partial charge < -0.3 is 34.2 Å². The van der Waals surface area contributed by atoms with Crippen molar-refractivity contribution in [2.24, 2.45) is 7.05 Å². The minimum Gasteiger partial charge on any atom is -0.496 e. The molecule has 1 aromatic carbocycles. The van der Waals surface area contributed by atoms with Gasteiger partial charge in [-0.05, 0) is 87.6 Å². The SMILES string of the molecule is C=CCC(C(=O)O)c1cc(OCC[CH2-])cc2c(C)nn(C)c12.CC.CC.[CH3-].[U+2].c1cc2c(nc1CCCCOC1CCCC1)NCCC2. The Morgan fingerprint density at radius 3 is 2.50 bits per heavy atom. The standard InChI is InChI=1S/C17H21N2O3.C17H26N2O.2C2H6.CH3.U/c1-5-7-13(17(20)21)15-10-12(22-8-6-2)9-14-11(3)18-19(4)16(14)15;1-2-9-16(8-1)20-13-4-3-7-15-11-10-14-6-5-12-18-17(14)19-15;2*1-2;;/h5,9-10,13H,1-2,6-8H2,3-4H3,(H,20,21);10-11,16H,1-9,12-13H2,(H,18,19);2*1-2H3;1H3;/q-1;;;;-1;+2. The quantitative estimate of drug-likeness (QED) is 0.100. The summed E-state index contributed by atoms with van der Waals surface area (Å²) >= 11 is 0. The van der Waals surface area contributed by atoms with E-state index in [1.54, 1.807) is 16.8 Å². The topological polar surface area (TPSA) is 98.5 Å². The summed E-state index contributed by atoms with van der Waals surface area (Å²) in [7, 11) is 1.82. The predicted octanol–water partition coefficient (Wildman–Crippen LogP) is 9.45. The predicted molar refractivity (Wildman–Crippen MR) is 197 cm³/mol. The first kappa shape index (κ1) is 45.7. The van der Waals surface area contributed by atoms with Crippen molar-refractivity contribution in [2.45, 2.75) is 117 Å². The summed E-state index contributed by atoms with van der Waals surface area (Å²) in [5.41, 5.74) is 4.98. The van der Waals surface area contributed by atoms with E-state index in [0.717, 1.165) is 48.4 Å². The fourth-order valence-corrected chi connectivity index (χ4v) is 5.88. The van der Waals surface area contributed by atoms with Gasteiger partial charge in [-0.3, -0.25) is 9.48 Å². The number of allylic oxidation sites excluding steroid dienone is 1. The summed E-state index contributed by atoms with van der Waals surface area (Å²) in [6.07, 6.45) is 14.3. The zero-order valence-corrected chi connectivity index (χ0v) is 35.0. The molecule has 1 aliphatic heterocycles. The van der Waals surface area contributed by atoms with Crippen molar-refractivity contribution in [3.8, 4) is 5.75 Å². The molecule has 0 saturated heterocycles. The maximum atomic E-state index is 11.6. The van der Waals surface area contributed by atoms with Gasteiger partial charge in [0.25, 0.3) is 0 Å². The molecule has 0 spiro atoms. The number of carbonyl (C=O) groups is 1. The van der Waals surface area contributed by atoms with Crippen LogP contribution in [0.2, 0.25) is 0 Å². The van der Waals surface area contributed by atoms with Crippen molar-refractivity contribution in [1.82, 2.24) is 14.8 Å². The normalized spacial score (nSPS) is 13.7. The molecule has 5 rings (SSSR count). The van der Waals surface area contributed by atoms with Crippen molar-refractivity contribution < 1.29 is 50.5 Å². The molecule has 1 aliphatic carbocycles. The van der Waals surface area contributed by atoms with Gasteiger partial charge in [0.1, 0.15) is 11.6 Å². The van der Waals surface area contributed by atoms with Crippen LogP contribution in [-0.4, -0.2) is 51.7 Å². The molecule has 48 heavy (non-hydrogen) atoms. The fourth-order valence-electron chi connectivity index (χ4n) is 5.88. The van der Waals surface area contributed by atoms with Crippen molar-refractivity contribution in [2.75, 3.05) is 25.1 Å². The molecule has 1 fully saturated rings. The number of nitrogens with one attached hydrogen (secondary N) is 1. The Kier molecular flexibility index (Phi) is 24.4. The van der Waals surface area contributed by atoms with Crippen LogP contribution in [0.1, 0.15) is 114 Å². The van der Waals surface area contributed by atoms with E-state index in [1.807, 2.05) is 47.7 Å². The van der Waals surface area contributed by atoms with E-state index in [0.29, 0.717) is 36.9 Å². The number of aryl methyl sites for hydroxylation is 4. The van der Waals surface area contributed by atoms with E-state index >= 15 is 0 Å². The van der Waals surface area contributed by atoms with Crippen LogP contribution in [0.25, 0.3) is 10.9 Å². The number of aliphatic carboxylic acids is 1. The molecule has 266 valence electrons. The third-order valence-electron chi connectivity index (χ3n) is 8.05. The van der Waals surface area contributed by atoms with Crippen LogP contribution < -0.4 is 10.1 Å². The van der Waals surface area contributed by atoms with E-state index in [9.17, 15) is 9.90 Å². The molecule has 2 aromatic heterocycles. The average molecular weight is 889 g/mol. The fraction of sp³-hybridized carbons (Fsp3) is 0.564. The van der Waals surface area contributed by atoms with E-state index in [-0.39, 0.29) is 38.5 Å². The Morgan fingerprint density at radius 2 is 1.85 bits per heavy atom. The molecule has 2 N–H and O–H groups in total. The van der Waals surface area contributed by atoms with Gasteiger partial charge >= 0.3 is 37.1 Å². The Hall–Kier alpha value is -2.34. The number of benzene rings is 1. The minimum atomic E-state index is -0.880. The molecule has 3 heterocycles. The first-order chi connectivity index (χ1) is 22.4. The number of rotatable bonds is 13. The van der Waals surface area contributed by atoms with Gasteiger partial charge in [0, 0.05) is 31.3 Å². The number of carboxylic acid groups (broad SMARTS) is 1. The second-order valence-electron chi connectivity index (χ2n) is 11.3. The van der Waals surface area contributed by atoms with Crippen molar-refractivity contribution in [1.29, 1.82) is 0 Å². The zero-order chi connectivity index (χ0) is 33.9. The number of anilines is 1. The number of ether oxygens (including phenoxy) is 2. The van der Waals surface area contributed by atoms with Crippen LogP contribution in [0.15, 0.2) is 36.9 Å². The monoisotopic (exact) mass is 889 g/mol. The van der Waals surface area contributed by atoms with Gasteiger partial charge in [0.15, 0.2) is 0 Å². The number of unbranched alkanes of at least 4 members (excludes halogenated alkanes) is 1. The van der Waals surface area contributed by atoms with Crippen molar-refractivity contribution in [3.05, 3.63) is 73.8 Å². The second kappa shape index (κ2) is 25.6. The van der Waals surface area contributed by atoms with E-state index in [1.165, 1.54) is 56.2 Å². The Labute approximate surface area is 315 Å². The van der Waals surface area contributed by atoms with E-state index < -0.39 is 11.9 Å². The molecule has 2 aliphatic rings. The number of hydrogen-bond donors (Lipinski definition) is 2. The number of fused-ring (bicyclic) bond motifs is 2. The van der Waals surface area contributed by atoms with Crippen LogP contribution in [0.4, 0.5) is 5.82 Å². The maximum absolute atomic E-state index is 11.6. The van der Waals surface area contributed by atoms with Crippen molar-refractivity contribution >= 4 is 22.7 Å². The van der Waals surface area contributed by atoms with Gasteiger partial charge in [0.05, 0.1) is 29.8 Å². The van der Waals surface area contributed by atoms with E-state index in [2.05, 4.69) is 36.1 Å². The minimum absolute atomic E-state index is 0. The average Bonchev–Trinajstić information content (AvgIpc) is 3.71. The van der Waals surface area contributed by atoms with Gasteiger partial charge in [-0.15, -0.1) is 13.0 Å². The molecule has 1 unspecified atom stereocenters. The molecule has 9 heteroatoms. The van der Waals surface area contributed by atoms with Gasteiger partial charge in [-0.2, -0.15) is 5.10 Å². The molecule has 8 nitrogen and oxygen atoms in total. The summed E-state index contributed by atoms with van der Waals surface area (Å²) in [5, 5.41) is 18.3. The number of aromatic nitrogens is 3. The van der Waals surface area contributed by atoms with Crippen molar-refractivity contribution in [3.63, 3.8) is 0 Å². The van der Waals surface area contributed by atoms with Gasteiger partial charge in [-0.1, -0.05) is 52.7 Å². The Balaban J connectivity index is 0.000000805. The number of hydrogen-bond acceptors (Lipinski definition) is 6. The summed E-state index contributed by atoms with van der Waals surface area (Å²) in [6.45, 7) is 19.8. The molecule has 1 atom stereocenters. The number of carboxylic acids is 1. The molecule has 1 saturated carbocycles. The Morgan fingerprint density at radius 1 is 1.15 bits per heavy atom. The van der Waals surface area contributed by atoms with Crippen LogP contribution in [0.3, 0.4) is 0 Å². The zero-order valence-electron chi connectivity index (χ0n) is 30.9. The Bertz CT molecular complexity index is 1340. The third kappa shape index (κ3) is 13.9. The van der Waals surface area contributed by atoms with Gasteiger partial charge in [-0.25, -0.2) is 4.98 Å². The number of pyridine rings is 1. The third-order valence-corrected chi connectivity index (χ3v) is 8.05. The van der Waals surface area contributed by atoms with Gasteiger partial charge in [0.2, 0.25) is 0 Å². The number of nitrogens with zero attached hydrogens (tertiary/aromatic N) is 3. The van der Waals surface area contributed by atoms with E-state index in [4.69, 9.17) is 14.5 Å². The molecule has 0 radical (unpaired) electrons. The maximum Gasteiger partial charge on any atom is 2.00 e. The largest absolute Gasteiger partial charge is 2.00 e. The van der Waals surface area contributed by atoms with Crippen LogP contribution in [0, 0.1) is 52.4 Å². The molecule has 0 amide bonds. The second-order valence-corrected chi connectivity index (χ2v) is 11.3. The first-order valence-corrected chi connectivity index (χ1v) is 17.5. The van der Waals surface area contributed by atoms with Crippen LogP contribution >= 0.6 is 0 Å². The van der Waals surface area contributed by atoms with Crippen LogP contribution in [-0.2, 0) is 29.4 Å². The summed E-state index contributed by atoms with van der Waals surface area (Å²) in [4.78, 5) is 16.4. The first-order valence-electron chi connectivity index (χ1n) is 17.5. The summed E-state index contributed by atoms with van der Waals surface area (Å²) < 4.78 is 13.3.